The average Bonchev–Trinajstić information content (AvgIpc) is 2.27. The summed E-state index contributed by atoms with van der Waals surface area (Å²) in [5.74, 6) is 1.48. The molecule has 0 fully saturated rings. The lowest BCUT2D eigenvalue weighted by Gasteiger charge is -2.32. The van der Waals surface area contributed by atoms with Gasteiger partial charge in [0.2, 0.25) is 0 Å². The van der Waals surface area contributed by atoms with Gasteiger partial charge in [-0.2, -0.15) is 0 Å². The van der Waals surface area contributed by atoms with E-state index in [4.69, 9.17) is 0 Å². The molecule has 1 nitrogen and oxygen atoms in total. The smallest absolute Gasteiger partial charge is 0.00469 e. The molecule has 0 amide bonds. The summed E-state index contributed by atoms with van der Waals surface area (Å²) in [4.78, 5) is 0. The number of rotatable bonds is 6. The Balaban J connectivity index is 2.75. The van der Waals surface area contributed by atoms with E-state index in [2.05, 4.69) is 69.4 Å². The SMILES string of the molecule is CC(C)CN(CC(C)C)P(C)c1ccccc1. The number of hydrogen-bond acceptors (Lipinski definition) is 1. The van der Waals surface area contributed by atoms with E-state index in [1.165, 1.54) is 18.4 Å². The molecular weight excluding hydrogens is 225 g/mol. The molecule has 0 bridgehead atoms. The van der Waals surface area contributed by atoms with E-state index in [0.717, 1.165) is 11.8 Å². The normalized spacial score (nSPS) is 13.6. The van der Waals surface area contributed by atoms with Gasteiger partial charge in [-0.1, -0.05) is 58.0 Å². The van der Waals surface area contributed by atoms with Crippen LogP contribution in [0.2, 0.25) is 0 Å². The van der Waals surface area contributed by atoms with Crippen molar-refractivity contribution in [2.24, 2.45) is 11.8 Å². The van der Waals surface area contributed by atoms with Crippen LogP contribution in [0.3, 0.4) is 0 Å². The van der Waals surface area contributed by atoms with Crippen molar-refractivity contribution in [1.29, 1.82) is 0 Å². The summed E-state index contributed by atoms with van der Waals surface area (Å²) in [6.07, 6.45) is 0. The minimum Gasteiger partial charge on any atom is -0.278 e. The molecule has 96 valence electrons. The van der Waals surface area contributed by atoms with Gasteiger partial charge in [0, 0.05) is 13.1 Å². The van der Waals surface area contributed by atoms with Crippen LogP contribution in [0.15, 0.2) is 30.3 Å². The van der Waals surface area contributed by atoms with Gasteiger partial charge in [-0.05, 0) is 31.9 Å². The van der Waals surface area contributed by atoms with Gasteiger partial charge in [-0.3, -0.25) is 4.67 Å². The Labute approximate surface area is 108 Å². The van der Waals surface area contributed by atoms with E-state index in [9.17, 15) is 0 Å². The molecule has 0 aromatic heterocycles. The third kappa shape index (κ3) is 5.19. The van der Waals surface area contributed by atoms with E-state index < -0.39 is 0 Å². The Morgan fingerprint density at radius 2 is 1.41 bits per heavy atom. The molecule has 17 heavy (non-hydrogen) atoms. The Hall–Kier alpha value is -0.390. The number of nitrogens with zero attached hydrogens (tertiary/aromatic N) is 1. The van der Waals surface area contributed by atoms with Crippen LogP contribution in [0, 0.1) is 11.8 Å². The second kappa shape index (κ2) is 7.13. The van der Waals surface area contributed by atoms with E-state index in [1.807, 2.05) is 0 Å². The maximum Gasteiger partial charge on any atom is 0.00469 e. The van der Waals surface area contributed by atoms with Crippen LogP contribution in [-0.4, -0.2) is 24.4 Å². The van der Waals surface area contributed by atoms with Gasteiger partial charge in [0.1, 0.15) is 0 Å². The molecule has 2 heteroatoms. The second-order valence-electron chi connectivity index (χ2n) is 5.52. The first-order chi connectivity index (χ1) is 8.00. The van der Waals surface area contributed by atoms with Crippen LogP contribution in [-0.2, 0) is 0 Å². The van der Waals surface area contributed by atoms with E-state index in [-0.39, 0.29) is 8.07 Å². The first-order valence-corrected chi connectivity index (χ1v) is 8.28. The lowest BCUT2D eigenvalue weighted by Crippen LogP contribution is -2.29. The lowest BCUT2D eigenvalue weighted by molar-refractivity contribution is 0.357. The van der Waals surface area contributed by atoms with E-state index in [1.54, 1.807) is 0 Å². The van der Waals surface area contributed by atoms with Crippen molar-refractivity contribution < 1.29 is 0 Å². The summed E-state index contributed by atoms with van der Waals surface area (Å²) in [7, 11) is -0.171. The zero-order valence-corrected chi connectivity index (χ0v) is 12.7. The third-order valence-corrected chi connectivity index (χ3v) is 4.93. The minimum atomic E-state index is -0.171. The predicted octanol–water partition coefficient (Wildman–Crippen LogP) is 3.95. The fourth-order valence-electron chi connectivity index (χ4n) is 1.97. The molecule has 0 heterocycles. The maximum absolute atomic E-state index is 2.67. The van der Waals surface area contributed by atoms with Gasteiger partial charge in [-0.25, -0.2) is 0 Å². The number of benzene rings is 1. The van der Waals surface area contributed by atoms with Crippen molar-refractivity contribution in [3.63, 3.8) is 0 Å². The molecule has 0 saturated heterocycles. The van der Waals surface area contributed by atoms with E-state index >= 15 is 0 Å². The Bertz CT molecular complexity index is 298. The molecule has 1 rings (SSSR count). The van der Waals surface area contributed by atoms with E-state index in [0.29, 0.717) is 0 Å². The van der Waals surface area contributed by atoms with Crippen LogP contribution in [0.1, 0.15) is 27.7 Å². The quantitative estimate of drug-likeness (QED) is 0.692. The molecule has 0 N–H and O–H groups in total. The Morgan fingerprint density at radius 3 is 1.82 bits per heavy atom. The molecular formula is C15H26NP. The van der Waals surface area contributed by atoms with Gasteiger partial charge in [0.25, 0.3) is 0 Å². The second-order valence-corrected chi connectivity index (χ2v) is 7.65. The maximum atomic E-state index is 2.67. The van der Waals surface area contributed by atoms with Crippen LogP contribution in [0.25, 0.3) is 0 Å². The van der Waals surface area contributed by atoms with Crippen LogP contribution in [0.5, 0.6) is 0 Å². The molecule has 1 atom stereocenters. The molecule has 0 aliphatic heterocycles. The number of hydrogen-bond donors (Lipinski definition) is 0. The van der Waals surface area contributed by atoms with Crippen molar-refractivity contribution in [3.05, 3.63) is 30.3 Å². The summed E-state index contributed by atoms with van der Waals surface area (Å²) in [6, 6.07) is 10.9. The fraction of sp³-hybridized carbons (Fsp3) is 0.600. The van der Waals surface area contributed by atoms with Crippen molar-refractivity contribution >= 4 is 13.4 Å². The van der Waals surface area contributed by atoms with Gasteiger partial charge in [0.05, 0.1) is 0 Å². The predicted molar refractivity (Wildman–Crippen MR) is 80.2 cm³/mol. The largest absolute Gasteiger partial charge is 0.278 e. The van der Waals surface area contributed by atoms with Crippen molar-refractivity contribution in [2.75, 3.05) is 19.8 Å². The minimum absolute atomic E-state index is 0.171. The summed E-state index contributed by atoms with van der Waals surface area (Å²) >= 11 is 0. The molecule has 0 aliphatic rings. The lowest BCUT2D eigenvalue weighted by atomic mass is 10.2. The monoisotopic (exact) mass is 251 g/mol. The standard InChI is InChI=1S/C15H26NP/c1-13(2)11-16(12-14(3)4)17(5)15-9-7-6-8-10-15/h6-10,13-14H,11-12H2,1-5H3. The van der Waals surface area contributed by atoms with Crippen molar-refractivity contribution in [2.45, 2.75) is 27.7 Å². The van der Waals surface area contributed by atoms with Gasteiger partial charge in [0.15, 0.2) is 0 Å². The highest BCUT2D eigenvalue weighted by Gasteiger charge is 2.17. The first-order valence-electron chi connectivity index (χ1n) is 6.54. The van der Waals surface area contributed by atoms with Crippen molar-refractivity contribution in [1.82, 2.24) is 4.67 Å². The van der Waals surface area contributed by atoms with Gasteiger partial charge >= 0.3 is 0 Å². The molecule has 0 spiro atoms. The van der Waals surface area contributed by atoms with Gasteiger partial charge < -0.3 is 0 Å². The molecule has 1 unspecified atom stereocenters. The molecule has 0 aliphatic carbocycles. The zero-order chi connectivity index (χ0) is 12.8. The highest BCUT2D eigenvalue weighted by Crippen LogP contribution is 2.36. The zero-order valence-electron chi connectivity index (χ0n) is 11.9. The summed E-state index contributed by atoms with van der Waals surface area (Å²) in [6.45, 7) is 14.0. The van der Waals surface area contributed by atoms with Crippen molar-refractivity contribution in [3.8, 4) is 0 Å². The summed E-state index contributed by atoms with van der Waals surface area (Å²) in [5, 5.41) is 1.49. The van der Waals surface area contributed by atoms with Crippen LogP contribution in [0.4, 0.5) is 0 Å². The van der Waals surface area contributed by atoms with Gasteiger partial charge in [-0.15, -0.1) is 0 Å². The highest BCUT2D eigenvalue weighted by atomic mass is 31.1. The molecule has 0 saturated carbocycles. The first kappa shape index (κ1) is 14.7. The molecule has 0 radical (unpaired) electrons. The highest BCUT2D eigenvalue weighted by molar-refractivity contribution is 7.62. The molecule has 1 aromatic rings. The molecule has 1 aromatic carbocycles. The summed E-state index contributed by atoms with van der Waals surface area (Å²) in [5.41, 5.74) is 0. The summed E-state index contributed by atoms with van der Waals surface area (Å²) < 4.78 is 2.67. The third-order valence-electron chi connectivity index (χ3n) is 2.71. The Morgan fingerprint density at radius 1 is 0.941 bits per heavy atom. The average molecular weight is 251 g/mol. The topological polar surface area (TPSA) is 3.24 Å². The van der Waals surface area contributed by atoms with Crippen LogP contribution >= 0.6 is 8.07 Å². The Kier molecular flexibility index (Phi) is 6.16. The van der Waals surface area contributed by atoms with Crippen LogP contribution < -0.4 is 5.30 Å². The fourth-order valence-corrected chi connectivity index (χ4v) is 4.04.